The van der Waals surface area contributed by atoms with Crippen molar-refractivity contribution in [3.63, 3.8) is 0 Å². The summed E-state index contributed by atoms with van der Waals surface area (Å²) in [6.07, 6.45) is 8.09. The highest BCUT2D eigenvalue weighted by Gasteiger charge is 2.18. The zero-order valence-corrected chi connectivity index (χ0v) is 13.8. The molecule has 0 amide bonds. The van der Waals surface area contributed by atoms with Gasteiger partial charge in [0.1, 0.15) is 0 Å². The van der Waals surface area contributed by atoms with E-state index in [0.717, 1.165) is 10.9 Å². The van der Waals surface area contributed by atoms with E-state index in [1.165, 1.54) is 47.8 Å². The van der Waals surface area contributed by atoms with Crippen molar-refractivity contribution in [3.05, 3.63) is 26.8 Å². The average Bonchev–Trinajstić information content (AvgIpc) is 2.58. The molecule has 1 aromatic carbocycles. The van der Waals surface area contributed by atoms with E-state index in [0.29, 0.717) is 6.04 Å². The Balaban J connectivity index is 1.96. The molecule has 0 spiro atoms. The fourth-order valence-corrected chi connectivity index (χ4v) is 3.78. The Bertz CT molecular complexity index is 394. The van der Waals surface area contributed by atoms with Crippen LogP contribution in [-0.2, 0) is 0 Å². The van der Waals surface area contributed by atoms with Crippen molar-refractivity contribution >= 4 is 39.9 Å². The van der Waals surface area contributed by atoms with Gasteiger partial charge in [-0.15, -0.1) is 0 Å². The van der Waals surface area contributed by atoms with Crippen LogP contribution in [0.15, 0.2) is 18.2 Å². The maximum absolute atomic E-state index is 5.99. The van der Waals surface area contributed by atoms with Crippen LogP contribution < -0.4 is 5.32 Å². The third-order valence-corrected chi connectivity index (χ3v) is 5.08. The molecule has 2 atom stereocenters. The lowest BCUT2D eigenvalue weighted by molar-refractivity contribution is 0.444. The highest BCUT2D eigenvalue weighted by atomic mass is 127. The summed E-state index contributed by atoms with van der Waals surface area (Å²) < 4.78 is 1.22. The second-order valence-electron chi connectivity index (χ2n) is 5.25. The number of halogens is 2. The fraction of sp³-hybridized carbons (Fsp3) is 0.600. The zero-order chi connectivity index (χ0) is 13.0. The van der Waals surface area contributed by atoms with Gasteiger partial charge < -0.3 is 5.32 Å². The molecule has 0 aromatic heterocycles. The van der Waals surface area contributed by atoms with Crippen LogP contribution in [0.4, 0.5) is 5.69 Å². The van der Waals surface area contributed by atoms with Gasteiger partial charge in [0.25, 0.3) is 0 Å². The summed E-state index contributed by atoms with van der Waals surface area (Å²) in [4.78, 5) is 0. The minimum atomic E-state index is 0.635. The molecule has 0 aliphatic heterocycles. The molecule has 1 aliphatic carbocycles. The predicted octanol–water partition coefficient (Wildman–Crippen LogP) is 5.72. The molecule has 3 heteroatoms. The number of nitrogens with one attached hydrogen (secondary N) is 1. The molecule has 100 valence electrons. The second kappa shape index (κ2) is 6.99. The highest BCUT2D eigenvalue weighted by molar-refractivity contribution is 14.1. The van der Waals surface area contributed by atoms with Crippen molar-refractivity contribution in [2.45, 2.75) is 51.5 Å². The summed E-state index contributed by atoms with van der Waals surface area (Å²) >= 11 is 8.35. The molecule has 1 N–H and O–H groups in total. The van der Waals surface area contributed by atoms with Crippen LogP contribution in [-0.4, -0.2) is 6.04 Å². The Labute approximate surface area is 129 Å². The Morgan fingerprint density at radius 2 is 2.11 bits per heavy atom. The Kier molecular flexibility index (Phi) is 5.61. The number of hydrogen-bond donors (Lipinski definition) is 1. The van der Waals surface area contributed by atoms with Gasteiger partial charge in [-0.1, -0.05) is 37.8 Å². The smallest absolute Gasteiger partial charge is 0.0479 e. The van der Waals surface area contributed by atoms with Crippen LogP contribution >= 0.6 is 34.2 Å². The molecule has 1 aliphatic rings. The number of rotatable bonds is 3. The molecular weight excluding hydrogens is 357 g/mol. The van der Waals surface area contributed by atoms with Crippen LogP contribution in [0, 0.1) is 9.49 Å². The lowest BCUT2D eigenvalue weighted by atomic mass is 9.98. The normalized spacial score (nSPS) is 24.6. The van der Waals surface area contributed by atoms with Crippen molar-refractivity contribution in [2.24, 2.45) is 5.92 Å². The largest absolute Gasteiger partial charge is 0.381 e. The quantitative estimate of drug-likeness (QED) is 0.525. The molecule has 0 heterocycles. The van der Waals surface area contributed by atoms with E-state index >= 15 is 0 Å². The number of benzene rings is 1. The van der Waals surface area contributed by atoms with Gasteiger partial charge in [0.2, 0.25) is 0 Å². The van der Waals surface area contributed by atoms with Gasteiger partial charge in [0, 0.05) is 20.3 Å². The van der Waals surface area contributed by atoms with Crippen molar-refractivity contribution < 1.29 is 0 Å². The van der Waals surface area contributed by atoms with Crippen LogP contribution in [0.3, 0.4) is 0 Å². The van der Waals surface area contributed by atoms with Gasteiger partial charge >= 0.3 is 0 Å². The summed E-state index contributed by atoms with van der Waals surface area (Å²) in [5, 5.41) is 4.51. The standard InChI is InChI=1S/C15H21ClIN/c1-2-11-4-3-5-13(8-6-11)18-15-9-7-12(16)10-14(15)17/h7,9-11,13,18H,2-6,8H2,1H3. The first-order valence-electron chi connectivity index (χ1n) is 6.90. The minimum absolute atomic E-state index is 0.635. The fourth-order valence-electron chi connectivity index (χ4n) is 2.76. The predicted molar refractivity (Wildman–Crippen MR) is 88.4 cm³/mol. The minimum Gasteiger partial charge on any atom is -0.381 e. The topological polar surface area (TPSA) is 12.0 Å². The van der Waals surface area contributed by atoms with E-state index in [2.05, 4.69) is 40.9 Å². The van der Waals surface area contributed by atoms with Crippen molar-refractivity contribution in [1.29, 1.82) is 0 Å². The zero-order valence-electron chi connectivity index (χ0n) is 10.9. The van der Waals surface area contributed by atoms with Crippen LogP contribution in [0.2, 0.25) is 5.02 Å². The van der Waals surface area contributed by atoms with Crippen LogP contribution in [0.1, 0.15) is 45.4 Å². The first-order valence-corrected chi connectivity index (χ1v) is 8.36. The third-order valence-electron chi connectivity index (χ3n) is 3.96. The maximum Gasteiger partial charge on any atom is 0.0479 e. The van der Waals surface area contributed by atoms with Gasteiger partial charge in [-0.2, -0.15) is 0 Å². The SMILES string of the molecule is CCC1CCCC(Nc2ccc(Cl)cc2I)CC1. The van der Waals surface area contributed by atoms with E-state index in [9.17, 15) is 0 Å². The molecule has 1 aromatic rings. The first kappa shape index (κ1) is 14.4. The lowest BCUT2D eigenvalue weighted by Gasteiger charge is -2.19. The van der Waals surface area contributed by atoms with E-state index < -0.39 is 0 Å². The van der Waals surface area contributed by atoms with Gasteiger partial charge in [0.05, 0.1) is 0 Å². The molecular formula is C15H21ClIN. The average molecular weight is 378 g/mol. The van der Waals surface area contributed by atoms with Crippen molar-refractivity contribution in [3.8, 4) is 0 Å². The molecule has 18 heavy (non-hydrogen) atoms. The molecule has 0 saturated heterocycles. The van der Waals surface area contributed by atoms with Gasteiger partial charge in [0.15, 0.2) is 0 Å². The van der Waals surface area contributed by atoms with Gasteiger partial charge in [-0.25, -0.2) is 0 Å². The summed E-state index contributed by atoms with van der Waals surface area (Å²) in [5.74, 6) is 0.945. The highest BCUT2D eigenvalue weighted by Crippen LogP contribution is 2.29. The number of hydrogen-bond acceptors (Lipinski definition) is 1. The Hall–Kier alpha value is 0.0400. The molecule has 1 fully saturated rings. The molecule has 2 rings (SSSR count). The van der Waals surface area contributed by atoms with Gasteiger partial charge in [-0.3, -0.25) is 0 Å². The summed E-state index contributed by atoms with van der Waals surface area (Å²) in [7, 11) is 0. The first-order chi connectivity index (χ1) is 8.69. The Morgan fingerprint density at radius 1 is 1.28 bits per heavy atom. The molecule has 1 saturated carbocycles. The molecule has 0 bridgehead atoms. The van der Waals surface area contributed by atoms with Gasteiger partial charge in [-0.05, 0) is 66.0 Å². The van der Waals surface area contributed by atoms with E-state index in [1.54, 1.807) is 0 Å². The van der Waals surface area contributed by atoms with E-state index in [4.69, 9.17) is 11.6 Å². The summed E-state index contributed by atoms with van der Waals surface area (Å²) in [5.41, 5.74) is 1.24. The summed E-state index contributed by atoms with van der Waals surface area (Å²) in [6.45, 7) is 2.32. The molecule has 2 unspecified atom stereocenters. The van der Waals surface area contributed by atoms with Crippen molar-refractivity contribution in [2.75, 3.05) is 5.32 Å². The molecule has 1 nitrogen and oxygen atoms in total. The molecule has 0 radical (unpaired) electrons. The van der Waals surface area contributed by atoms with Crippen LogP contribution in [0.25, 0.3) is 0 Å². The van der Waals surface area contributed by atoms with E-state index in [1.807, 2.05) is 12.1 Å². The van der Waals surface area contributed by atoms with E-state index in [-0.39, 0.29) is 0 Å². The summed E-state index contributed by atoms with van der Waals surface area (Å²) in [6, 6.07) is 6.73. The van der Waals surface area contributed by atoms with Crippen molar-refractivity contribution in [1.82, 2.24) is 0 Å². The Morgan fingerprint density at radius 3 is 2.83 bits per heavy atom. The number of anilines is 1. The lowest BCUT2D eigenvalue weighted by Crippen LogP contribution is -2.19. The third kappa shape index (κ3) is 4.02. The van der Waals surface area contributed by atoms with Crippen LogP contribution in [0.5, 0.6) is 0 Å². The maximum atomic E-state index is 5.99. The second-order valence-corrected chi connectivity index (χ2v) is 6.85. The monoisotopic (exact) mass is 377 g/mol.